The summed E-state index contributed by atoms with van der Waals surface area (Å²) in [6, 6.07) is 24.4. The van der Waals surface area contributed by atoms with E-state index >= 15 is 0 Å². The molecule has 3 aromatic carbocycles. The first-order valence-electron chi connectivity index (χ1n) is 11.9. The topological polar surface area (TPSA) is 9.23 Å². The molecule has 158 valence electrons. The van der Waals surface area contributed by atoms with Crippen molar-refractivity contribution in [2.75, 3.05) is 0 Å². The SMILES string of the molecule is C1=COC(C2CCCc3c2ccc2c3CCc3ccccc3-2)=C(Cc2ccccc2)C=C1. The molecule has 3 aliphatic rings. The lowest BCUT2D eigenvalue weighted by Gasteiger charge is -2.32. The van der Waals surface area contributed by atoms with E-state index in [0.717, 1.165) is 31.4 Å². The Bertz CT molecular complexity index is 1240. The van der Waals surface area contributed by atoms with Gasteiger partial charge in [-0.25, -0.2) is 0 Å². The van der Waals surface area contributed by atoms with Gasteiger partial charge < -0.3 is 4.74 Å². The van der Waals surface area contributed by atoms with E-state index < -0.39 is 0 Å². The number of aryl methyl sites for hydroxylation is 1. The lowest BCUT2D eigenvalue weighted by Crippen LogP contribution is -2.18. The van der Waals surface area contributed by atoms with Crippen LogP contribution < -0.4 is 0 Å². The molecule has 1 unspecified atom stereocenters. The first-order chi connectivity index (χ1) is 15.9. The Labute approximate surface area is 190 Å². The van der Waals surface area contributed by atoms with E-state index in [9.17, 15) is 0 Å². The molecule has 0 N–H and O–H groups in total. The minimum Gasteiger partial charge on any atom is -0.468 e. The molecule has 0 saturated heterocycles. The van der Waals surface area contributed by atoms with Gasteiger partial charge >= 0.3 is 0 Å². The van der Waals surface area contributed by atoms with Gasteiger partial charge in [0.2, 0.25) is 0 Å². The lowest BCUT2D eigenvalue weighted by atomic mass is 9.74. The van der Waals surface area contributed by atoms with Gasteiger partial charge in [-0.1, -0.05) is 78.9 Å². The molecule has 1 atom stereocenters. The highest BCUT2D eigenvalue weighted by molar-refractivity contribution is 5.75. The monoisotopic (exact) mass is 416 g/mol. The average Bonchev–Trinajstić information content (AvgIpc) is 3.09. The minimum atomic E-state index is 0.326. The maximum atomic E-state index is 6.32. The Morgan fingerprint density at radius 3 is 2.56 bits per heavy atom. The van der Waals surface area contributed by atoms with Crippen LogP contribution in [-0.4, -0.2) is 0 Å². The van der Waals surface area contributed by atoms with E-state index in [0.29, 0.717) is 5.92 Å². The van der Waals surface area contributed by atoms with Crippen LogP contribution in [0.1, 0.15) is 46.6 Å². The Kier molecular flexibility index (Phi) is 5.03. The molecule has 1 nitrogen and oxygen atoms in total. The van der Waals surface area contributed by atoms with Gasteiger partial charge in [-0.3, -0.25) is 0 Å². The number of allylic oxidation sites excluding steroid dienone is 5. The third-order valence-corrected chi connectivity index (χ3v) is 7.27. The largest absolute Gasteiger partial charge is 0.468 e. The molecule has 0 saturated carbocycles. The summed E-state index contributed by atoms with van der Waals surface area (Å²) in [5.41, 5.74) is 11.6. The zero-order valence-corrected chi connectivity index (χ0v) is 18.4. The summed E-state index contributed by atoms with van der Waals surface area (Å²) >= 11 is 0. The first-order valence-corrected chi connectivity index (χ1v) is 11.9. The van der Waals surface area contributed by atoms with Crippen molar-refractivity contribution in [3.8, 4) is 11.1 Å². The molecule has 0 aromatic heterocycles. The Hall–Kier alpha value is -3.32. The quantitative estimate of drug-likeness (QED) is 0.430. The van der Waals surface area contributed by atoms with Crippen molar-refractivity contribution < 1.29 is 4.74 Å². The highest BCUT2D eigenvalue weighted by atomic mass is 16.5. The predicted octanol–water partition coefficient (Wildman–Crippen LogP) is 7.47. The van der Waals surface area contributed by atoms with Crippen molar-refractivity contribution in [3.63, 3.8) is 0 Å². The van der Waals surface area contributed by atoms with Crippen LogP contribution in [0.5, 0.6) is 0 Å². The molecular formula is C31H28O. The van der Waals surface area contributed by atoms with E-state index in [-0.39, 0.29) is 0 Å². The molecule has 3 aromatic rings. The standard InChI is InChI=1S/C31H28O/c1-2-9-22(10-3-1)21-24-12-6-7-20-32-31(24)30-15-8-14-26-28-17-16-23-11-4-5-13-25(23)27(28)18-19-29(26)30/h1-7,9-13,18-20,30H,8,14-17,21H2. The van der Waals surface area contributed by atoms with Crippen LogP contribution in [0.3, 0.4) is 0 Å². The molecule has 0 fully saturated rings. The van der Waals surface area contributed by atoms with Crippen LogP contribution in [0.25, 0.3) is 11.1 Å². The maximum Gasteiger partial charge on any atom is 0.114 e. The number of rotatable bonds is 3. The van der Waals surface area contributed by atoms with E-state index in [1.165, 1.54) is 46.2 Å². The zero-order valence-electron chi connectivity index (χ0n) is 18.4. The average molecular weight is 417 g/mol. The number of hydrogen-bond acceptors (Lipinski definition) is 1. The van der Waals surface area contributed by atoms with Gasteiger partial charge in [0.15, 0.2) is 0 Å². The third kappa shape index (κ3) is 3.42. The molecule has 0 radical (unpaired) electrons. The summed E-state index contributed by atoms with van der Waals surface area (Å²) in [6.07, 6.45) is 15.0. The van der Waals surface area contributed by atoms with Gasteiger partial charge in [-0.15, -0.1) is 0 Å². The van der Waals surface area contributed by atoms with Crippen molar-refractivity contribution in [3.05, 3.63) is 130 Å². The second kappa shape index (κ2) is 8.31. The van der Waals surface area contributed by atoms with E-state index in [4.69, 9.17) is 4.74 Å². The Balaban J connectivity index is 1.44. The Morgan fingerprint density at radius 1 is 0.750 bits per heavy atom. The first kappa shape index (κ1) is 19.4. The molecule has 1 aliphatic heterocycles. The fourth-order valence-corrected chi connectivity index (χ4v) is 5.80. The molecular weight excluding hydrogens is 388 g/mol. The van der Waals surface area contributed by atoms with Crippen LogP contribution in [0.15, 0.2) is 103 Å². The summed E-state index contributed by atoms with van der Waals surface area (Å²) in [5, 5.41) is 0. The van der Waals surface area contributed by atoms with Gasteiger partial charge in [0.1, 0.15) is 5.76 Å². The summed E-state index contributed by atoms with van der Waals surface area (Å²) < 4.78 is 6.32. The Morgan fingerprint density at radius 2 is 1.62 bits per heavy atom. The highest BCUT2D eigenvalue weighted by Gasteiger charge is 2.30. The third-order valence-electron chi connectivity index (χ3n) is 7.27. The number of fused-ring (bicyclic) bond motifs is 5. The van der Waals surface area contributed by atoms with Crippen molar-refractivity contribution in [2.24, 2.45) is 0 Å². The van der Waals surface area contributed by atoms with Crippen molar-refractivity contribution >= 4 is 0 Å². The van der Waals surface area contributed by atoms with Gasteiger partial charge in [-0.05, 0) is 82.7 Å². The number of benzene rings is 3. The molecule has 1 heteroatoms. The van der Waals surface area contributed by atoms with Gasteiger partial charge in [0.25, 0.3) is 0 Å². The van der Waals surface area contributed by atoms with Crippen molar-refractivity contribution in [1.82, 2.24) is 0 Å². The highest BCUT2D eigenvalue weighted by Crippen LogP contribution is 2.45. The van der Waals surface area contributed by atoms with Crippen LogP contribution >= 0.6 is 0 Å². The van der Waals surface area contributed by atoms with Crippen molar-refractivity contribution in [1.29, 1.82) is 0 Å². The second-order valence-electron chi connectivity index (χ2n) is 9.12. The zero-order chi connectivity index (χ0) is 21.3. The molecule has 2 aliphatic carbocycles. The lowest BCUT2D eigenvalue weighted by molar-refractivity contribution is 0.302. The minimum absolute atomic E-state index is 0.326. The number of ether oxygens (including phenoxy) is 1. The molecule has 0 spiro atoms. The maximum absolute atomic E-state index is 6.32. The van der Waals surface area contributed by atoms with Crippen LogP contribution in [0.4, 0.5) is 0 Å². The smallest absolute Gasteiger partial charge is 0.114 e. The summed E-state index contributed by atoms with van der Waals surface area (Å²) in [4.78, 5) is 0. The predicted molar refractivity (Wildman–Crippen MR) is 132 cm³/mol. The number of hydrogen-bond donors (Lipinski definition) is 0. The fraction of sp³-hybridized carbons (Fsp3) is 0.226. The molecule has 6 rings (SSSR count). The van der Waals surface area contributed by atoms with E-state index in [1.54, 1.807) is 11.1 Å². The molecule has 0 bridgehead atoms. The normalized spacial score (nSPS) is 18.9. The molecule has 0 amide bonds. The van der Waals surface area contributed by atoms with Crippen molar-refractivity contribution in [2.45, 2.75) is 44.4 Å². The summed E-state index contributed by atoms with van der Waals surface area (Å²) in [7, 11) is 0. The second-order valence-corrected chi connectivity index (χ2v) is 9.12. The van der Waals surface area contributed by atoms with Crippen LogP contribution in [-0.2, 0) is 30.4 Å². The van der Waals surface area contributed by atoms with Gasteiger partial charge in [-0.2, -0.15) is 0 Å². The molecule has 1 heterocycles. The van der Waals surface area contributed by atoms with Crippen LogP contribution in [0.2, 0.25) is 0 Å². The van der Waals surface area contributed by atoms with Gasteiger partial charge in [0.05, 0.1) is 6.26 Å². The fourth-order valence-electron chi connectivity index (χ4n) is 5.80. The molecule has 32 heavy (non-hydrogen) atoms. The van der Waals surface area contributed by atoms with Gasteiger partial charge in [0, 0.05) is 12.3 Å². The van der Waals surface area contributed by atoms with E-state index in [2.05, 4.69) is 78.9 Å². The summed E-state index contributed by atoms with van der Waals surface area (Å²) in [5.74, 6) is 1.46. The summed E-state index contributed by atoms with van der Waals surface area (Å²) in [6.45, 7) is 0. The van der Waals surface area contributed by atoms with Crippen LogP contribution in [0, 0.1) is 0 Å². The van der Waals surface area contributed by atoms with E-state index in [1.807, 2.05) is 12.3 Å².